The predicted molar refractivity (Wildman–Crippen MR) is 97.2 cm³/mol. The second-order valence-corrected chi connectivity index (χ2v) is 6.95. The fourth-order valence-electron chi connectivity index (χ4n) is 3.50. The first-order valence-corrected chi connectivity index (χ1v) is 8.98. The van der Waals surface area contributed by atoms with Gasteiger partial charge in [-0.05, 0) is 65.0 Å². The first-order chi connectivity index (χ1) is 11.7. The molecule has 5 nitrogen and oxygen atoms in total. The van der Waals surface area contributed by atoms with Gasteiger partial charge in [0.25, 0.3) is 0 Å². The molecule has 0 spiro atoms. The van der Waals surface area contributed by atoms with Crippen molar-refractivity contribution in [2.45, 2.75) is 44.7 Å². The van der Waals surface area contributed by atoms with E-state index in [1.165, 1.54) is 24.1 Å². The highest BCUT2D eigenvalue weighted by molar-refractivity contribution is 5.29. The smallest absolute Gasteiger partial charge is 0.114 e. The SMILES string of the molecule is CNC1CCCc2ccc(Cc3nccn3CCCN(C)C)nc21. The molecule has 0 amide bonds. The Kier molecular flexibility index (Phi) is 5.63. The van der Waals surface area contributed by atoms with Crippen LogP contribution in [0.1, 0.15) is 48.1 Å². The van der Waals surface area contributed by atoms with Crippen LogP contribution in [0.5, 0.6) is 0 Å². The summed E-state index contributed by atoms with van der Waals surface area (Å²) in [5.74, 6) is 1.11. The van der Waals surface area contributed by atoms with E-state index in [9.17, 15) is 0 Å². The fraction of sp³-hybridized carbons (Fsp3) is 0.579. The Labute approximate surface area is 145 Å². The van der Waals surface area contributed by atoms with Gasteiger partial charge in [0.2, 0.25) is 0 Å². The van der Waals surface area contributed by atoms with Crippen molar-refractivity contribution >= 4 is 0 Å². The second kappa shape index (κ2) is 7.90. The van der Waals surface area contributed by atoms with Gasteiger partial charge in [-0.3, -0.25) is 4.98 Å². The van der Waals surface area contributed by atoms with Crippen LogP contribution in [0.15, 0.2) is 24.5 Å². The highest BCUT2D eigenvalue weighted by atomic mass is 15.1. The number of aryl methyl sites for hydroxylation is 2. The van der Waals surface area contributed by atoms with Crippen LogP contribution in [0, 0.1) is 0 Å². The lowest BCUT2D eigenvalue weighted by Gasteiger charge is -2.24. The Morgan fingerprint density at radius 1 is 1.33 bits per heavy atom. The van der Waals surface area contributed by atoms with E-state index < -0.39 is 0 Å². The zero-order valence-electron chi connectivity index (χ0n) is 15.1. The molecule has 130 valence electrons. The highest BCUT2D eigenvalue weighted by Gasteiger charge is 2.20. The van der Waals surface area contributed by atoms with Gasteiger partial charge in [0, 0.05) is 37.1 Å². The lowest BCUT2D eigenvalue weighted by Crippen LogP contribution is -2.23. The first-order valence-electron chi connectivity index (χ1n) is 8.98. The minimum atomic E-state index is 0.397. The third kappa shape index (κ3) is 4.02. The molecule has 1 unspecified atom stereocenters. The van der Waals surface area contributed by atoms with Crippen LogP contribution >= 0.6 is 0 Å². The Morgan fingerprint density at radius 3 is 3.00 bits per heavy atom. The number of rotatable bonds is 7. The van der Waals surface area contributed by atoms with E-state index in [0.717, 1.165) is 43.9 Å². The van der Waals surface area contributed by atoms with Crippen LogP contribution in [0.25, 0.3) is 0 Å². The highest BCUT2D eigenvalue weighted by Crippen LogP contribution is 2.28. The molecule has 0 fully saturated rings. The quantitative estimate of drug-likeness (QED) is 0.848. The molecule has 1 aliphatic carbocycles. The molecular weight excluding hydrogens is 298 g/mol. The van der Waals surface area contributed by atoms with Crippen LogP contribution in [0.4, 0.5) is 0 Å². The summed E-state index contributed by atoms with van der Waals surface area (Å²) in [4.78, 5) is 11.7. The van der Waals surface area contributed by atoms with Gasteiger partial charge < -0.3 is 14.8 Å². The molecule has 1 aliphatic rings. The molecule has 1 atom stereocenters. The number of pyridine rings is 1. The van der Waals surface area contributed by atoms with E-state index in [4.69, 9.17) is 4.98 Å². The average molecular weight is 327 g/mol. The summed E-state index contributed by atoms with van der Waals surface area (Å²) < 4.78 is 2.26. The van der Waals surface area contributed by atoms with Gasteiger partial charge in [-0.2, -0.15) is 0 Å². The molecule has 3 rings (SSSR count). The van der Waals surface area contributed by atoms with Crippen molar-refractivity contribution in [3.8, 4) is 0 Å². The third-order valence-electron chi connectivity index (χ3n) is 4.83. The number of fused-ring (bicyclic) bond motifs is 1. The maximum atomic E-state index is 4.97. The van der Waals surface area contributed by atoms with Gasteiger partial charge in [-0.15, -0.1) is 0 Å². The van der Waals surface area contributed by atoms with Crippen molar-refractivity contribution < 1.29 is 0 Å². The Morgan fingerprint density at radius 2 is 2.21 bits per heavy atom. The normalized spacial score (nSPS) is 17.2. The molecule has 0 radical (unpaired) electrons. The Bertz CT molecular complexity index is 662. The number of imidazole rings is 1. The molecule has 1 N–H and O–H groups in total. The number of hydrogen-bond acceptors (Lipinski definition) is 4. The van der Waals surface area contributed by atoms with Crippen molar-refractivity contribution in [3.05, 3.63) is 47.3 Å². The Hall–Kier alpha value is -1.72. The van der Waals surface area contributed by atoms with E-state index in [1.54, 1.807) is 0 Å². The van der Waals surface area contributed by atoms with Gasteiger partial charge in [-0.1, -0.05) is 6.07 Å². The number of nitrogens with one attached hydrogen (secondary N) is 1. The summed E-state index contributed by atoms with van der Waals surface area (Å²) in [6.45, 7) is 2.11. The summed E-state index contributed by atoms with van der Waals surface area (Å²) >= 11 is 0. The maximum absolute atomic E-state index is 4.97. The van der Waals surface area contributed by atoms with E-state index in [0.29, 0.717) is 6.04 Å². The summed E-state index contributed by atoms with van der Waals surface area (Å²) in [7, 11) is 6.26. The van der Waals surface area contributed by atoms with Gasteiger partial charge in [0.1, 0.15) is 5.82 Å². The molecule has 0 saturated carbocycles. The van der Waals surface area contributed by atoms with Crippen LogP contribution in [0.2, 0.25) is 0 Å². The van der Waals surface area contributed by atoms with Crippen molar-refractivity contribution in [2.24, 2.45) is 0 Å². The molecule has 0 aromatic carbocycles. The zero-order chi connectivity index (χ0) is 16.9. The second-order valence-electron chi connectivity index (χ2n) is 6.95. The zero-order valence-corrected chi connectivity index (χ0v) is 15.1. The minimum absolute atomic E-state index is 0.397. The minimum Gasteiger partial charge on any atom is -0.335 e. The summed E-state index contributed by atoms with van der Waals surface area (Å²) in [6.07, 6.45) is 9.50. The summed E-state index contributed by atoms with van der Waals surface area (Å²) in [5.41, 5.74) is 3.77. The van der Waals surface area contributed by atoms with Gasteiger partial charge in [0.15, 0.2) is 0 Å². The summed E-state index contributed by atoms with van der Waals surface area (Å²) in [5, 5.41) is 3.41. The predicted octanol–water partition coefficient (Wildman–Crippen LogP) is 2.42. The molecule has 2 heterocycles. The number of hydrogen-bond donors (Lipinski definition) is 1. The molecule has 0 aliphatic heterocycles. The maximum Gasteiger partial charge on any atom is 0.114 e. The summed E-state index contributed by atoms with van der Waals surface area (Å²) in [6, 6.07) is 4.84. The molecular formula is C19H29N5. The van der Waals surface area contributed by atoms with Crippen molar-refractivity contribution in [1.82, 2.24) is 24.8 Å². The topological polar surface area (TPSA) is 46.0 Å². The van der Waals surface area contributed by atoms with Crippen molar-refractivity contribution in [1.29, 1.82) is 0 Å². The van der Waals surface area contributed by atoms with Crippen molar-refractivity contribution in [3.63, 3.8) is 0 Å². The Balaban J connectivity index is 1.72. The number of aromatic nitrogens is 3. The molecule has 2 aromatic heterocycles. The average Bonchev–Trinajstić information content (AvgIpc) is 3.01. The molecule has 0 bridgehead atoms. The van der Waals surface area contributed by atoms with Crippen LogP contribution < -0.4 is 5.32 Å². The third-order valence-corrected chi connectivity index (χ3v) is 4.83. The molecule has 0 saturated heterocycles. The van der Waals surface area contributed by atoms with Crippen LogP contribution in [0.3, 0.4) is 0 Å². The standard InChI is InChI=1S/C19H29N5/c1-20-17-7-4-6-15-8-9-16(22-19(15)17)14-18-21-10-13-24(18)12-5-11-23(2)3/h8-10,13,17,20H,4-7,11-12,14H2,1-3H3. The molecule has 5 heteroatoms. The fourth-order valence-corrected chi connectivity index (χ4v) is 3.50. The van der Waals surface area contributed by atoms with E-state index >= 15 is 0 Å². The number of nitrogens with zero attached hydrogens (tertiary/aromatic N) is 4. The lowest BCUT2D eigenvalue weighted by molar-refractivity contribution is 0.385. The van der Waals surface area contributed by atoms with Crippen LogP contribution in [-0.2, 0) is 19.4 Å². The monoisotopic (exact) mass is 327 g/mol. The largest absolute Gasteiger partial charge is 0.335 e. The van der Waals surface area contributed by atoms with Gasteiger partial charge in [0.05, 0.1) is 5.69 Å². The van der Waals surface area contributed by atoms with Crippen LogP contribution in [-0.4, -0.2) is 47.1 Å². The molecule has 2 aromatic rings. The first kappa shape index (κ1) is 17.1. The van der Waals surface area contributed by atoms with E-state index in [2.05, 4.69) is 52.2 Å². The van der Waals surface area contributed by atoms with Crippen molar-refractivity contribution in [2.75, 3.05) is 27.7 Å². The van der Waals surface area contributed by atoms with Gasteiger partial charge in [-0.25, -0.2) is 4.98 Å². The van der Waals surface area contributed by atoms with E-state index in [-0.39, 0.29) is 0 Å². The van der Waals surface area contributed by atoms with Gasteiger partial charge >= 0.3 is 0 Å². The van der Waals surface area contributed by atoms with E-state index in [1.807, 2.05) is 13.2 Å². The lowest BCUT2D eigenvalue weighted by atomic mass is 9.91. The molecule has 24 heavy (non-hydrogen) atoms.